The van der Waals surface area contributed by atoms with E-state index in [9.17, 15) is 19.6 Å². The monoisotopic (exact) mass is 644 g/mol. The summed E-state index contributed by atoms with van der Waals surface area (Å²) in [7, 11) is 1.88. The second-order valence-electron chi connectivity index (χ2n) is 12.2. The number of benzene rings is 3. The van der Waals surface area contributed by atoms with Crippen molar-refractivity contribution in [1.29, 1.82) is 5.26 Å². The second kappa shape index (κ2) is 12.4. The number of likely N-dealkylation sites (tertiary alicyclic amines) is 1. The first-order valence-corrected chi connectivity index (χ1v) is 16.0. The zero-order valence-corrected chi connectivity index (χ0v) is 26.2. The van der Waals surface area contributed by atoms with E-state index in [1.165, 1.54) is 4.90 Å². The predicted octanol–water partition coefficient (Wildman–Crippen LogP) is 5.93. The van der Waals surface area contributed by atoms with E-state index < -0.39 is 18.3 Å². The van der Waals surface area contributed by atoms with Gasteiger partial charge in [0.15, 0.2) is 0 Å². The van der Waals surface area contributed by atoms with Crippen LogP contribution in [-0.4, -0.2) is 95.7 Å². The molecule has 0 aliphatic carbocycles. The van der Waals surface area contributed by atoms with Crippen LogP contribution in [0.15, 0.2) is 42.5 Å². The summed E-state index contributed by atoms with van der Waals surface area (Å²) in [4.78, 5) is 27.0. The molecule has 12 heteroatoms. The Morgan fingerprint density at radius 1 is 1.15 bits per heavy atom. The first-order valence-electron chi connectivity index (χ1n) is 15.6. The van der Waals surface area contributed by atoms with Gasteiger partial charge in [-0.15, -0.1) is 0 Å². The highest BCUT2D eigenvalue weighted by Gasteiger charge is 2.34. The first kappa shape index (κ1) is 30.3. The minimum Gasteiger partial charge on any atom is -0.492 e. The first-order chi connectivity index (χ1) is 22.3. The molecule has 238 valence electrons. The summed E-state index contributed by atoms with van der Waals surface area (Å²) in [5.41, 5.74) is 3.58. The van der Waals surface area contributed by atoms with E-state index in [0.717, 1.165) is 45.7 Å². The van der Waals surface area contributed by atoms with E-state index in [0.29, 0.717) is 48.2 Å². The number of alkyl halides is 1. The lowest BCUT2D eigenvalue weighted by Crippen LogP contribution is -2.55. The van der Waals surface area contributed by atoms with Crippen molar-refractivity contribution in [3.63, 3.8) is 0 Å². The molecule has 4 heterocycles. The van der Waals surface area contributed by atoms with Gasteiger partial charge in [-0.3, -0.25) is 4.90 Å². The highest BCUT2D eigenvalue weighted by atomic mass is 35.5. The van der Waals surface area contributed by atoms with E-state index in [-0.39, 0.29) is 38.2 Å². The highest BCUT2D eigenvalue weighted by Crippen LogP contribution is 2.46. The van der Waals surface area contributed by atoms with Crippen molar-refractivity contribution in [2.75, 3.05) is 51.3 Å². The summed E-state index contributed by atoms with van der Waals surface area (Å²) in [6.07, 6.45) is 0.0794. The molecule has 3 aliphatic heterocycles. The minimum atomic E-state index is -1.05. The van der Waals surface area contributed by atoms with Crippen LogP contribution in [0, 0.1) is 11.3 Å². The number of piperazine rings is 1. The summed E-state index contributed by atoms with van der Waals surface area (Å²) >= 11 is 6.78. The molecule has 2 fully saturated rings. The van der Waals surface area contributed by atoms with Crippen LogP contribution in [-0.2, 0) is 6.42 Å². The highest BCUT2D eigenvalue weighted by molar-refractivity contribution is 6.36. The number of ether oxygens (including phenoxy) is 2. The van der Waals surface area contributed by atoms with Crippen LogP contribution in [0.25, 0.3) is 32.8 Å². The van der Waals surface area contributed by atoms with Crippen LogP contribution < -0.4 is 14.4 Å². The van der Waals surface area contributed by atoms with Crippen molar-refractivity contribution in [2.45, 2.75) is 43.9 Å². The molecule has 1 N–H and O–H groups in total. The molecule has 3 aliphatic rings. The van der Waals surface area contributed by atoms with E-state index in [2.05, 4.69) is 12.1 Å². The zero-order chi connectivity index (χ0) is 31.9. The van der Waals surface area contributed by atoms with Crippen LogP contribution in [0.1, 0.15) is 24.8 Å². The Morgan fingerprint density at radius 2 is 1.98 bits per heavy atom. The molecular weight excluding hydrogens is 611 g/mol. The molecule has 0 radical (unpaired) electrons. The van der Waals surface area contributed by atoms with Gasteiger partial charge in [0, 0.05) is 48.2 Å². The number of amides is 1. The Morgan fingerprint density at radius 3 is 2.74 bits per heavy atom. The molecule has 0 spiro atoms. The van der Waals surface area contributed by atoms with E-state index in [1.807, 2.05) is 53.2 Å². The average molecular weight is 645 g/mol. The molecule has 10 nitrogen and oxygen atoms in total. The van der Waals surface area contributed by atoms with Crippen molar-refractivity contribution in [1.82, 2.24) is 19.8 Å². The Hall–Kier alpha value is -4.40. The molecule has 3 aromatic carbocycles. The number of nitrogens with zero attached hydrogens (tertiary/aromatic N) is 6. The fourth-order valence-electron chi connectivity index (χ4n) is 7.11. The summed E-state index contributed by atoms with van der Waals surface area (Å²) in [6, 6.07) is 15.7. The van der Waals surface area contributed by atoms with E-state index >= 15 is 0 Å². The summed E-state index contributed by atoms with van der Waals surface area (Å²) < 4.78 is 26.7. The van der Waals surface area contributed by atoms with Gasteiger partial charge in [-0.25, -0.2) is 9.18 Å². The lowest BCUT2D eigenvalue weighted by atomic mass is 9.89. The third kappa shape index (κ3) is 5.50. The molecule has 0 saturated carbocycles. The average Bonchev–Trinajstić information content (AvgIpc) is 3.38. The topological polar surface area (TPSA) is 115 Å². The van der Waals surface area contributed by atoms with Crippen molar-refractivity contribution in [3.8, 4) is 29.0 Å². The van der Waals surface area contributed by atoms with Gasteiger partial charge in [-0.05, 0) is 55.0 Å². The second-order valence-corrected chi connectivity index (χ2v) is 12.6. The molecular formula is C34H34ClFN6O4. The third-order valence-electron chi connectivity index (χ3n) is 9.36. The lowest BCUT2D eigenvalue weighted by Gasteiger charge is -2.40. The maximum Gasteiger partial charge on any atom is 0.407 e. The van der Waals surface area contributed by atoms with Gasteiger partial charge in [-0.2, -0.15) is 15.2 Å². The fraction of sp³-hybridized carbons (Fsp3) is 0.412. The van der Waals surface area contributed by atoms with Gasteiger partial charge in [0.05, 0.1) is 36.0 Å². The number of likely N-dealkylation sites (N-methyl/N-ethyl adjacent to an activating group) is 1. The summed E-state index contributed by atoms with van der Waals surface area (Å²) in [6.45, 7) is 1.96. The van der Waals surface area contributed by atoms with Crippen molar-refractivity contribution in [3.05, 3.63) is 53.1 Å². The molecule has 3 atom stereocenters. The van der Waals surface area contributed by atoms with Crippen LogP contribution in [0.4, 0.5) is 15.0 Å². The molecule has 46 heavy (non-hydrogen) atoms. The number of hydrogen-bond donors (Lipinski definition) is 1. The number of fused-ring (bicyclic) bond motifs is 4. The molecule has 4 aromatic rings. The molecule has 7 rings (SSSR count). The largest absolute Gasteiger partial charge is 0.492 e. The Labute approximate surface area is 270 Å². The van der Waals surface area contributed by atoms with Gasteiger partial charge in [0.1, 0.15) is 24.3 Å². The SMILES string of the molecule is CN1C[C@H](F)C[C@H]1COc1nc(N2CCN(C(=O)O)[C@@H](CC#N)C2)c2c3c(c(-c4cccc5cccc(Cl)c45)cc2n1)CCCO3. The molecule has 1 aromatic heterocycles. The fourth-order valence-corrected chi connectivity index (χ4v) is 7.39. The van der Waals surface area contributed by atoms with Crippen LogP contribution in [0.2, 0.25) is 5.02 Å². The van der Waals surface area contributed by atoms with Crippen LogP contribution in [0.3, 0.4) is 0 Å². The van der Waals surface area contributed by atoms with E-state index in [4.69, 9.17) is 31.0 Å². The predicted molar refractivity (Wildman–Crippen MR) is 174 cm³/mol. The maximum absolute atomic E-state index is 14.1. The number of nitriles is 1. The Balaban J connectivity index is 1.40. The number of halogens is 2. The summed E-state index contributed by atoms with van der Waals surface area (Å²) in [5.74, 6) is 1.26. The molecule has 1 amide bonds. The van der Waals surface area contributed by atoms with Crippen molar-refractivity contribution < 1.29 is 23.8 Å². The molecule has 0 unspecified atom stereocenters. The quantitative estimate of drug-likeness (QED) is 0.273. The number of hydrogen-bond acceptors (Lipinski definition) is 8. The minimum absolute atomic E-state index is 0.0498. The third-order valence-corrected chi connectivity index (χ3v) is 9.68. The summed E-state index contributed by atoms with van der Waals surface area (Å²) in [5, 5.41) is 22.6. The van der Waals surface area contributed by atoms with Gasteiger partial charge < -0.3 is 24.4 Å². The lowest BCUT2D eigenvalue weighted by molar-refractivity contribution is 0.119. The number of carbonyl (C=O) groups is 1. The standard InChI is InChI=1S/C34H34ClFN6O4/c1-40-17-21(36)15-23(40)19-46-33-38-28-16-26(24-7-2-5-20-6-3-9-27(35)29(20)24)25-8-4-14-45-31(25)30(28)32(39-33)41-12-13-42(34(43)44)22(18-41)10-11-37/h2-3,5-7,9,16,21-23H,4,8,10,12-15,17-19H2,1H3,(H,43,44)/t21-,22+,23+/m1/s1. The number of carboxylic acid groups (broad SMARTS) is 1. The number of aromatic nitrogens is 2. The molecule has 2 saturated heterocycles. The molecule has 0 bridgehead atoms. The van der Waals surface area contributed by atoms with Crippen molar-refractivity contribution in [2.24, 2.45) is 0 Å². The van der Waals surface area contributed by atoms with Crippen LogP contribution >= 0.6 is 11.6 Å². The van der Waals surface area contributed by atoms with Gasteiger partial charge >= 0.3 is 12.1 Å². The number of anilines is 1. The van der Waals surface area contributed by atoms with Gasteiger partial charge in [0.25, 0.3) is 0 Å². The van der Waals surface area contributed by atoms with Crippen LogP contribution in [0.5, 0.6) is 11.8 Å². The Bertz CT molecular complexity index is 1860. The Kier molecular flexibility index (Phi) is 8.17. The maximum atomic E-state index is 14.1. The van der Waals surface area contributed by atoms with Crippen molar-refractivity contribution >= 4 is 45.2 Å². The van der Waals surface area contributed by atoms with Gasteiger partial charge in [-0.1, -0.05) is 41.9 Å². The van der Waals surface area contributed by atoms with Gasteiger partial charge in [0.2, 0.25) is 0 Å². The zero-order valence-electron chi connectivity index (χ0n) is 25.5. The smallest absolute Gasteiger partial charge is 0.407 e. The normalized spacial score (nSPS) is 21.7. The number of rotatable bonds is 6. The van der Waals surface area contributed by atoms with E-state index in [1.54, 1.807) is 0 Å².